The Morgan fingerprint density at radius 2 is 1.90 bits per heavy atom. The second-order valence-corrected chi connectivity index (χ2v) is 8.83. The normalized spacial score (nSPS) is 10.7. The average molecular weight is 529 g/mol. The van der Waals surface area contributed by atoms with Crippen molar-refractivity contribution >= 4 is 34.7 Å². The molecule has 0 saturated carbocycles. The van der Waals surface area contributed by atoms with Crippen LogP contribution in [0.4, 0.5) is 28.8 Å². The van der Waals surface area contributed by atoms with E-state index in [9.17, 15) is 4.79 Å². The van der Waals surface area contributed by atoms with Crippen molar-refractivity contribution < 1.29 is 14.3 Å². The van der Waals surface area contributed by atoms with Crippen LogP contribution in [0, 0.1) is 0 Å². The number of likely N-dealkylation sites (N-methyl/N-ethyl adjacent to an activating group) is 1. The van der Waals surface area contributed by atoms with E-state index in [4.69, 9.17) is 9.47 Å². The van der Waals surface area contributed by atoms with Gasteiger partial charge in [0.15, 0.2) is 0 Å². The maximum Gasteiger partial charge on any atom is 0.247 e. The van der Waals surface area contributed by atoms with Crippen LogP contribution in [0.15, 0.2) is 73.6 Å². The van der Waals surface area contributed by atoms with E-state index in [-0.39, 0.29) is 5.91 Å². The number of nitrogens with zero attached hydrogens (tertiary/aromatic N) is 5. The second kappa shape index (κ2) is 12.6. The first-order valence-corrected chi connectivity index (χ1v) is 12.3. The van der Waals surface area contributed by atoms with E-state index in [1.54, 1.807) is 36.2 Å². The summed E-state index contributed by atoms with van der Waals surface area (Å²) < 4.78 is 13.3. The smallest absolute Gasteiger partial charge is 0.247 e. The molecule has 0 fully saturated rings. The molecule has 4 aromatic rings. The fourth-order valence-electron chi connectivity index (χ4n) is 3.69. The van der Waals surface area contributed by atoms with Gasteiger partial charge in [0.2, 0.25) is 11.9 Å². The number of aryl methyl sites for hydroxylation is 1. The van der Waals surface area contributed by atoms with Gasteiger partial charge in [-0.1, -0.05) is 24.8 Å². The lowest BCUT2D eigenvalue weighted by Crippen LogP contribution is -2.20. The van der Waals surface area contributed by atoms with Crippen LogP contribution in [-0.4, -0.2) is 64.9 Å². The molecular weight excluding hydrogens is 496 g/mol. The molecule has 3 N–H and O–H groups in total. The van der Waals surface area contributed by atoms with Crippen molar-refractivity contribution in [3.8, 4) is 22.8 Å². The minimum atomic E-state index is -0.363. The van der Waals surface area contributed by atoms with E-state index in [0.717, 1.165) is 16.9 Å². The molecule has 39 heavy (non-hydrogen) atoms. The maximum atomic E-state index is 12.1. The molecular formula is C28H32N8O3. The zero-order valence-electron chi connectivity index (χ0n) is 22.4. The van der Waals surface area contributed by atoms with Gasteiger partial charge in [0.1, 0.15) is 23.9 Å². The van der Waals surface area contributed by atoms with Crippen LogP contribution >= 0.6 is 0 Å². The van der Waals surface area contributed by atoms with Gasteiger partial charge in [-0.2, -0.15) is 10.1 Å². The summed E-state index contributed by atoms with van der Waals surface area (Å²) in [4.78, 5) is 23.1. The van der Waals surface area contributed by atoms with E-state index >= 15 is 0 Å². The number of benzene rings is 2. The Morgan fingerprint density at radius 3 is 2.62 bits per heavy atom. The lowest BCUT2D eigenvalue weighted by atomic mass is 10.1. The van der Waals surface area contributed by atoms with E-state index in [2.05, 4.69) is 37.6 Å². The van der Waals surface area contributed by atoms with Crippen molar-refractivity contribution in [2.75, 3.05) is 50.3 Å². The third-order valence-corrected chi connectivity index (χ3v) is 5.62. The Kier molecular flexibility index (Phi) is 8.75. The number of carbonyl (C=O) groups excluding carboxylic acids is 1. The van der Waals surface area contributed by atoms with Gasteiger partial charge in [-0.3, -0.25) is 9.48 Å². The molecule has 4 rings (SSSR count). The van der Waals surface area contributed by atoms with Crippen LogP contribution < -0.4 is 25.4 Å². The van der Waals surface area contributed by atoms with Crippen LogP contribution in [0.1, 0.15) is 0 Å². The number of methoxy groups -OCH3 is 1. The quantitative estimate of drug-likeness (QED) is 0.229. The van der Waals surface area contributed by atoms with Gasteiger partial charge < -0.3 is 30.3 Å². The van der Waals surface area contributed by atoms with Crippen molar-refractivity contribution in [3.05, 3.63) is 73.6 Å². The largest absolute Gasteiger partial charge is 0.494 e. The zero-order valence-corrected chi connectivity index (χ0v) is 22.4. The van der Waals surface area contributed by atoms with Gasteiger partial charge in [0.05, 0.1) is 24.2 Å². The summed E-state index contributed by atoms with van der Waals surface area (Å²) >= 11 is 0. The highest BCUT2D eigenvalue weighted by molar-refractivity contribution is 6.00. The number of aromatic nitrogens is 4. The highest BCUT2D eigenvalue weighted by atomic mass is 16.5. The molecule has 11 heteroatoms. The highest BCUT2D eigenvalue weighted by Gasteiger charge is 2.15. The summed E-state index contributed by atoms with van der Waals surface area (Å²) in [6.07, 6.45) is 4.74. The molecule has 0 spiro atoms. The summed E-state index contributed by atoms with van der Waals surface area (Å²) in [6, 6.07) is 15.0. The summed E-state index contributed by atoms with van der Waals surface area (Å²) in [5.41, 5.74) is 3.65. The number of hydrogen-bond acceptors (Lipinski definition) is 9. The van der Waals surface area contributed by atoms with Crippen molar-refractivity contribution in [2.24, 2.45) is 7.05 Å². The molecule has 0 aliphatic carbocycles. The summed E-state index contributed by atoms with van der Waals surface area (Å²) in [6.45, 7) is 4.66. The molecule has 11 nitrogen and oxygen atoms in total. The monoisotopic (exact) mass is 528 g/mol. The number of rotatable bonds is 12. The van der Waals surface area contributed by atoms with Gasteiger partial charge in [-0.15, -0.1) is 0 Å². The molecule has 0 atom stereocenters. The number of anilines is 5. The minimum Gasteiger partial charge on any atom is -0.494 e. The lowest BCUT2D eigenvalue weighted by molar-refractivity contribution is -0.111. The Bertz CT molecular complexity index is 1450. The predicted molar refractivity (Wildman–Crippen MR) is 153 cm³/mol. The fraction of sp³-hybridized carbons (Fsp3) is 0.214. The van der Waals surface area contributed by atoms with Crippen LogP contribution in [-0.2, 0) is 11.8 Å². The molecule has 1 amide bonds. The molecule has 0 bridgehead atoms. The predicted octanol–water partition coefficient (Wildman–Crippen LogP) is 4.44. The summed E-state index contributed by atoms with van der Waals surface area (Å²) in [5.74, 6) is 1.51. The molecule has 202 valence electrons. The van der Waals surface area contributed by atoms with Crippen molar-refractivity contribution in [1.82, 2.24) is 24.6 Å². The molecule has 0 aliphatic rings. The zero-order chi connectivity index (χ0) is 27.8. The van der Waals surface area contributed by atoms with E-state index in [0.29, 0.717) is 47.8 Å². The van der Waals surface area contributed by atoms with Crippen molar-refractivity contribution in [2.45, 2.75) is 0 Å². The van der Waals surface area contributed by atoms with Crippen LogP contribution in [0.3, 0.4) is 0 Å². The highest BCUT2D eigenvalue weighted by Crippen LogP contribution is 2.38. The van der Waals surface area contributed by atoms with Crippen LogP contribution in [0.25, 0.3) is 11.3 Å². The van der Waals surface area contributed by atoms with E-state index < -0.39 is 0 Å². The Labute approximate surface area is 227 Å². The lowest BCUT2D eigenvalue weighted by Gasteiger charge is -2.18. The number of nitrogens with one attached hydrogen (secondary N) is 3. The number of hydrogen-bond donors (Lipinski definition) is 3. The fourth-order valence-corrected chi connectivity index (χ4v) is 3.69. The SMILES string of the molecule is C=CC(=O)Nc1cc(Nc2nccc(Nc3ccccc3-c3ccn(C)n3)n2)c(OC)cc1OCCN(C)C. The molecule has 2 aromatic heterocycles. The first kappa shape index (κ1) is 27.1. The third-order valence-electron chi connectivity index (χ3n) is 5.62. The maximum absolute atomic E-state index is 12.1. The molecule has 0 radical (unpaired) electrons. The first-order chi connectivity index (χ1) is 18.9. The van der Waals surface area contributed by atoms with Crippen molar-refractivity contribution in [3.63, 3.8) is 0 Å². The molecule has 0 saturated heterocycles. The van der Waals surface area contributed by atoms with Gasteiger partial charge in [-0.25, -0.2) is 4.98 Å². The standard InChI is InChI=1S/C28H32N8O3/c1-6-27(37)31-23-17-22(24(38-5)18-25(23)39-16-15-35(2)3)32-28-29-13-11-26(33-28)30-20-10-8-7-9-19(20)21-12-14-36(4)34-21/h6-14,17-18H,1,15-16H2,2-5H3,(H,31,37)(H2,29,30,32,33). The number of para-hydroxylation sites is 1. The summed E-state index contributed by atoms with van der Waals surface area (Å²) in [7, 11) is 7.35. The molecule has 0 unspecified atom stereocenters. The van der Waals surface area contributed by atoms with E-state index in [1.807, 2.05) is 62.6 Å². The van der Waals surface area contributed by atoms with Gasteiger partial charge in [-0.05, 0) is 44.4 Å². The van der Waals surface area contributed by atoms with Gasteiger partial charge in [0.25, 0.3) is 0 Å². The Balaban J connectivity index is 1.60. The average Bonchev–Trinajstić information content (AvgIpc) is 3.36. The second-order valence-electron chi connectivity index (χ2n) is 8.83. The first-order valence-electron chi connectivity index (χ1n) is 12.3. The third kappa shape index (κ3) is 7.11. The summed E-state index contributed by atoms with van der Waals surface area (Å²) in [5, 5.41) is 13.9. The number of carbonyl (C=O) groups is 1. The van der Waals surface area contributed by atoms with Crippen LogP contribution in [0.5, 0.6) is 11.5 Å². The van der Waals surface area contributed by atoms with E-state index in [1.165, 1.54) is 6.08 Å². The number of ether oxygens (including phenoxy) is 2. The molecule has 0 aliphatic heterocycles. The Morgan fingerprint density at radius 1 is 1.08 bits per heavy atom. The minimum absolute atomic E-state index is 0.330. The van der Waals surface area contributed by atoms with Gasteiger partial charge >= 0.3 is 0 Å². The van der Waals surface area contributed by atoms with Crippen LogP contribution in [0.2, 0.25) is 0 Å². The molecule has 2 heterocycles. The molecule has 2 aromatic carbocycles. The van der Waals surface area contributed by atoms with Gasteiger partial charge in [0, 0.05) is 43.3 Å². The van der Waals surface area contributed by atoms with Crippen molar-refractivity contribution in [1.29, 1.82) is 0 Å². The number of amides is 1. The topological polar surface area (TPSA) is 118 Å². The Hall–Kier alpha value is -4.90.